The van der Waals surface area contributed by atoms with Crippen molar-refractivity contribution < 1.29 is 4.57 Å². The van der Waals surface area contributed by atoms with Gasteiger partial charge in [0.1, 0.15) is 7.05 Å². The average Bonchev–Trinajstić information content (AvgIpc) is 2.05. The molecule has 60 valence electrons. The van der Waals surface area contributed by atoms with E-state index in [0.29, 0.717) is 0 Å². The fourth-order valence-corrected chi connectivity index (χ4v) is 1.42. The van der Waals surface area contributed by atoms with Crippen LogP contribution in [0.4, 0.5) is 0 Å². The maximum atomic E-state index is 2.20. The SMILES string of the molecule is Cc1ccc2c[n+](C)ccc2c1. The largest absolute Gasteiger partial charge is 0.207 e. The van der Waals surface area contributed by atoms with Crippen molar-refractivity contribution >= 4 is 10.8 Å². The van der Waals surface area contributed by atoms with E-state index in [1.807, 2.05) is 7.05 Å². The van der Waals surface area contributed by atoms with E-state index in [2.05, 4.69) is 48.1 Å². The van der Waals surface area contributed by atoms with Gasteiger partial charge in [-0.3, -0.25) is 0 Å². The summed E-state index contributed by atoms with van der Waals surface area (Å²) in [5, 5.41) is 2.61. The van der Waals surface area contributed by atoms with Gasteiger partial charge in [0.2, 0.25) is 0 Å². The molecule has 0 aliphatic rings. The fourth-order valence-electron chi connectivity index (χ4n) is 1.42. The highest BCUT2D eigenvalue weighted by molar-refractivity contribution is 5.81. The van der Waals surface area contributed by atoms with Gasteiger partial charge in [0.05, 0.1) is 0 Å². The molecule has 2 aromatic rings. The van der Waals surface area contributed by atoms with Crippen molar-refractivity contribution in [3.05, 3.63) is 42.2 Å². The number of rotatable bonds is 0. The van der Waals surface area contributed by atoms with Crippen molar-refractivity contribution in [3.8, 4) is 0 Å². The number of hydrogen-bond donors (Lipinski definition) is 0. The number of nitrogens with zero attached hydrogens (tertiary/aromatic N) is 1. The van der Waals surface area contributed by atoms with Gasteiger partial charge in [0.25, 0.3) is 0 Å². The Hall–Kier alpha value is -1.37. The van der Waals surface area contributed by atoms with E-state index >= 15 is 0 Å². The molecular weight excluding hydrogens is 146 g/mol. The summed E-state index contributed by atoms with van der Waals surface area (Å²) in [5.41, 5.74) is 1.32. The Balaban J connectivity index is 2.79. The van der Waals surface area contributed by atoms with Crippen LogP contribution < -0.4 is 4.57 Å². The normalized spacial score (nSPS) is 10.5. The second-order valence-corrected chi connectivity index (χ2v) is 3.24. The molecule has 0 bridgehead atoms. The van der Waals surface area contributed by atoms with E-state index in [1.54, 1.807) is 0 Å². The summed E-state index contributed by atoms with van der Waals surface area (Å²) in [6, 6.07) is 8.64. The van der Waals surface area contributed by atoms with Crippen LogP contribution in [0.2, 0.25) is 0 Å². The Labute approximate surface area is 72.3 Å². The Morgan fingerprint density at radius 2 is 1.92 bits per heavy atom. The lowest BCUT2D eigenvalue weighted by molar-refractivity contribution is -0.670. The zero-order chi connectivity index (χ0) is 8.55. The summed E-state index contributed by atoms with van der Waals surface area (Å²) >= 11 is 0. The molecule has 0 unspecified atom stereocenters. The first-order valence-corrected chi connectivity index (χ1v) is 4.11. The van der Waals surface area contributed by atoms with Crippen LogP contribution in [0.5, 0.6) is 0 Å². The molecule has 0 N–H and O–H groups in total. The van der Waals surface area contributed by atoms with Gasteiger partial charge in [-0.1, -0.05) is 17.7 Å². The van der Waals surface area contributed by atoms with E-state index in [9.17, 15) is 0 Å². The summed E-state index contributed by atoms with van der Waals surface area (Å²) in [6.45, 7) is 2.12. The Morgan fingerprint density at radius 3 is 2.75 bits per heavy atom. The van der Waals surface area contributed by atoms with E-state index in [-0.39, 0.29) is 0 Å². The standard InChI is InChI=1S/C11H12N/c1-9-3-4-11-8-12(2)6-5-10(11)7-9/h3-8H,1-2H3/q+1. The Morgan fingerprint density at radius 1 is 1.08 bits per heavy atom. The number of fused-ring (bicyclic) bond motifs is 1. The molecule has 1 aromatic heterocycles. The average molecular weight is 158 g/mol. The quantitative estimate of drug-likeness (QED) is 0.516. The first-order chi connectivity index (χ1) is 5.75. The molecule has 0 aliphatic heterocycles. The van der Waals surface area contributed by atoms with Crippen LogP contribution >= 0.6 is 0 Å². The summed E-state index contributed by atoms with van der Waals surface area (Å²) in [6.07, 6.45) is 4.20. The first kappa shape index (κ1) is 7.29. The van der Waals surface area contributed by atoms with Crippen LogP contribution in [0.1, 0.15) is 5.56 Å². The minimum atomic E-state index is 1.30. The number of aromatic nitrogens is 1. The molecule has 0 saturated carbocycles. The molecule has 2 rings (SSSR count). The van der Waals surface area contributed by atoms with Crippen molar-refractivity contribution in [2.75, 3.05) is 0 Å². The third-order valence-corrected chi connectivity index (χ3v) is 2.07. The molecule has 1 aromatic carbocycles. The molecule has 0 fully saturated rings. The Bertz CT molecular complexity index is 377. The topological polar surface area (TPSA) is 3.88 Å². The summed E-state index contributed by atoms with van der Waals surface area (Å²) in [5.74, 6) is 0. The van der Waals surface area contributed by atoms with Crippen molar-refractivity contribution in [1.29, 1.82) is 0 Å². The zero-order valence-electron chi connectivity index (χ0n) is 7.41. The summed E-state index contributed by atoms with van der Waals surface area (Å²) in [7, 11) is 2.04. The number of hydrogen-bond acceptors (Lipinski definition) is 0. The molecule has 0 amide bonds. The van der Waals surface area contributed by atoms with Crippen LogP contribution in [0.3, 0.4) is 0 Å². The second-order valence-electron chi connectivity index (χ2n) is 3.24. The third kappa shape index (κ3) is 1.18. The van der Waals surface area contributed by atoms with Gasteiger partial charge in [-0.05, 0) is 18.4 Å². The van der Waals surface area contributed by atoms with Crippen LogP contribution in [0, 0.1) is 6.92 Å². The van der Waals surface area contributed by atoms with Crippen molar-refractivity contribution in [2.24, 2.45) is 7.05 Å². The number of benzene rings is 1. The van der Waals surface area contributed by atoms with E-state index in [1.165, 1.54) is 16.3 Å². The molecule has 0 spiro atoms. The Kier molecular flexibility index (Phi) is 1.58. The van der Waals surface area contributed by atoms with Crippen molar-refractivity contribution in [3.63, 3.8) is 0 Å². The molecule has 0 radical (unpaired) electrons. The van der Waals surface area contributed by atoms with E-state index in [0.717, 1.165) is 0 Å². The molecule has 12 heavy (non-hydrogen) atoms. The predicted octanol–water partition coefficient (Wildman–Crippen LogP) is 1.97. The third-order valence-electron chi connectivity index (χ3n) is 2.07. The summed E-state index contributed by atoms with van der Waals surface area (Å²) < 4.78 is 2.07. The van der Waals surface area contributed by atoms with Crippen LogP contribution in [-0.2, 0) is 7.05 Å². The fraction of sp³-hybridized carbons (Fsp3) is 0.182. The van der Waals surface area contributed by atoms with Crippen molar-refractivity contribution in [2.45, 2.75) is 6.92 Å². The molecule has 1 heterocycles. The van der Waals surface area contributed by atoms with Gasteiger partial charge in [-0.25, -0.2) is 4.57 Å². The van der Waals surface area contributed by atoms with E-state index in [4.69, 9.17) is 0 Å². The van der Waals surface area contributed by atoms with Crippen LogP contribution in [0.25, 0.3) is 10.8 Å². The lowest BCUT2D eigenvalue weighted by Gasteiger charge is -1.96. The second kappa shape index (κ2) is 2.59. The van der Waals surface area contributed by atoms with Crippen molar-refractivity contribution in [1.82, 2.24) is 0 Å². The summed E-state index contributed by atoms with van der Waals surface area (Å²) in [4.78, 5) is 0. The van der Waals surface area contributed by atoms with Gasteiger partial charge in [0.15, 0.2) is 12.4 Å². The van der Waals surface area contributed by atoms with Gasteiger partial charge in [-0.15, -0.1) is 0 Å². The lowest BCUT2D eigenvalue weighted by Crippen LogP contribution is -2.25. The molecule has 0 aliphatic carbocycles. The smallest absolute Gasteiger partial charge is 0.176 e. The number of aryl methyl sites for hydroxylation is 2. The monoisotopic (exact) mass is 158 g/mol. The molecule has 0 atom stereocenters. The predicted molar refractivity (Wildman–Crippen MR) is 49.9 cm³/mol. The van der Waals surface area contributed by atoms with Gasteiger partial charge in [-0.2, -0.15) is 0 Å². The van der Waals surface area contributed by atoms with Gasteiger partial charge in [0, 0.05) is 11.5 Å². The minimum Gasteiger partial charge on any atom is -0.207 e. The van der Waals surface area contributed by atoms with E-state index < -0.39 is 0 Å². The van der Waals surface area contributed by atoms with Gasteiger partial charge < -0.3 is 0 Å². The first-order valence-electron chi connectivity index (χ1n) is 4.11. The van der Waals surface area contributed by atoms with Crippen LogP contribution in [-0.4, -0.2) is 0 Å². The lowest BCUT2D eigenvalue weighted by atomic mass is 10.1. The minimum absolute atomic E-state index is 1.30. The van der Waals surface area contributed by atoms with Gasteiger partial charge >= 0.3 is 0 Å². The maximum absolute atomic E-state index is 2.20. The molecular formula is C11H12N+. The maximum Gasteiger partial charge on any atom is 0.176 e. The zero-order valence-corrected chi connectivity index (χ0v) is 7.41. The highest BCUT2D eigenvalue weighted by Crippen LogP contribution is 2.12. The molecule has 0 saturated heterocycles. The highest BCUT2D eigenvalue weighted by Gasteiger charge is 1.97. The highest BCUT2D eigenvalue weighted by atomic mass is 14.9. The van der Waals surface area contributed by atoms with Crippen LogP contribution in [0.15, 0.2) is 36.7 Å². The molecule has 1 nitrogen and oxygen atoms in total. The number of pyridine rings is 1. The molecule has 1 heteroatoms.